The maximum Gasteiger partial charge on any atom is 0.240 e. The lowest BCUT2D eigenvalue weighted by Gasteiger charge is -2.25. The molecule has 0 saturated heterocycles. The second-order valence-electron chi connectivity index (χ2n) is 5.67. The molecule has 4 N–H and O–H groups in total. The van der Waals surface area contributed by atoms with Crippen LogP contribution in [-0.2, 0) is 10.0 Å². The number of benzene rings is 1. The van der Waals surface area contributed by atoms with Gasteiger partial charge in [-0.25, -0.2) is 13.1 Å². The molecule has 1 aromatic rings. The van der Waals surface area contributed by atoms with Gasteiger partial charge in [0.1, 0.15) is 0 Å². The molecule has 118 valence electrons. The van der Waals surface area contributed by atoms with Crippen molar-refractivity contribution in [1.29, 1.82) is 0 Å². The van der Waals surface area contributed by atoms with Crippen LogP contribution in [0.1, 0.15) is 31.2 Å². The molecule has 1 aromatic carbocycles. The second kappa shape index (κ2) is 6.52. The second-order valence-corrected chi connectivity index (χ2v) is 7.81. The van der Waals surface area contributed by atoms with E-state index in [0.717, 1.165) is 25.7 Å². The van der Waals surface area contributed by atoms with Gasteiger partial charge in [-0.15, -0.1) is 0 Å². The summed E-state index contributed by atoms with van der Waals surface area (Å²) in [7, 11) is -3.59. The first-order valence-electron chi connectivity index (χ1n) is 7.03. The van der Waals surface area contributed by atoms with Gasteiger partial charge in [0.25, 0.3) is 0 Å². The Balaban J connectivity index is 2.05. The summed E-state index contributed by atoms with van der Waals surface area (Å²) in [6.07, 6.45) is 2.91. The summed E-state index contributed by atoms with van der Waals surface area (Å²) < 4.78 is 27.2. The lowest BCUT2D eigenvalue weighted by molar-refractivity contribution is 0.109. The van der Waals surface area contributed by atoms with Crippen molar-refractivity contribution in [1.82, 2.24) is 4.72 Å². The van der Waals surface area contributed by atoms with Gasteiger partial charge in [-0.2, -0.15) is 0 Å². The van der Waals surface area contributed by atoms with Gasteiger partial charge in [0.2, 0.25) is 10.0 Å². The van der Waals surface area contributed by atoms with Crippen molar-refractivity contribution in [3.8, 4) is 0 Å². The number of aliphatic hydroxyl groups is 1. The van der Waals surface area contributed by atoms with E-state index >= 15 is 0 Å². The molecule has 7 heteroatoms. The van der Waals surface area contributed by atoms with Crippen molar-refractivity contribution in [2.45, 2.75) is 43.6 Å². The molecule has 0 bridgehead atoms. The predicted molar refractivity (Wildman–Crippen MR) is 83.8 cm³/mol. The van der Waals surface area contributed by atoms with Crippen LogP contribution in [0.15, 0.2) is 17.0 Å². The van der Waals surface area contributed by atoms with Gasteiger partial charge in [0, 0.05) is 6.54 Å². The summed E-state index contributed by atoms with van der Waals surface area (Å²) in [5, 5.41) is 9.84. The van der Waals surface area contributed by atoms with Crippen molar-refractivity contribution in [3.05, 3.63) is 22.7 Å². The van der Waals surface area contributed by atoms with Crippen LogP contribution in [0.2, 0.25) is 5.02 Å². The molecule has 1 aliphatic rings. The van der Waals surface area contributed by atoms with E-state index in [1.165, 1.54) is 12.1 Å². The molecular weight excluding hydrogens is 312 g/mol. The molecular formula is C14H21ClN2O3S. The molecule has 1 aliphatic carbocycles. The molecule has 5 nitrogen and oxygen atoms in total. The van der Waals surface area contributed by atoms with Crippen LogP contribution in [0.4, 0.5) is 5.69 Å². The fourth-order valence-electron chi connectivity index (χ4n) is 2.58. The Morgan fingerprint density at radius 1 is 1.33 bits per heavy atom. The van der Waals surface area contributed by atoms with Gasteiger partial charge in [0.15, 0.2) is 0 Å². The smallest absolute Gasteiger partial charge is 0.240 e. The highest BCUT2D eigenvalue weighted by Crippen LogP contribution is 2.27. The quantitative estimate of drug-likeness (QED) is 0.736. The number of hydrogen-bond donors (Lipinski definition) is 3. The van der Waals surface area contributed by atoms with E-state index in [1.807, 2.05) is 0 Å². The number of nitrogens with two attached hydrogens (primary N) is 1. The summed E-state index contributed by atoms with van der Waals surface area (Å²) in [5.74, 6) is 0.272. The first-order chi connectivity index (χ1) is 9.79. The molecule has 0 heterocycles. The largest absolute Gasteiger partial charge is 0.397 e. The Bertz CT molecular complexity index is 588. The zero-order valence-corrected chi connectivity index (χ0v) is 13.5. The Kier molecular flexibility index (Phi) is 5.14. The molecule has 0 spiro atoms. The van der Waals surface area contributed by atoms with Gasteiger partial charge in [-0.1, -0.05) is 11.6 Å². The average Bonchev–Trinajstić information content (AvgIpc) is 2.43. The Morgan fingerprint density at radius 3 is 2.52 bits per heavy atom. The van der Waals surface area contributed by atoms with Crippen molar-refractivity contribution >= 4 is 27.3 Å². The third kappa shape index (κ3) is 4.10. The molecule has 1 fully saturated rings. The maximum absolute atomic E-state index is 12.3. The zero-order chi connectivity index (χ0) is 15.6. The Hall–Kier alpha value is -0.820. The molecule has 1 saturated carbocycles. The van der Waals surface area contributed by atoms with E-state index in [9.17, 15) is 13.5 Å². The van der Waals surface area contributed by atoms with Crippen molar-refractivity contribution in [3.63, 3.8) is 0 Å². The van der Waals surface area contributed by atoms with Gasteiger partial charge in [-0.3, -0.25) is 0 Å². The minimum Gasteiger partial charge on any atom is -0.397 e. The third-order valence-corrected chi connectivity index (χ3v) is 5.86. The van der Waals surface area contributed by atoms with Crippen LogP contribution < -0.4 is 10.5 Å². The van der Waals surface area contributed by atoms with Crippen LogP contribution in [-0.4, -0.2) is 26.2 Å². The highest BCUT2D eigenvalue weighted by Gasteiger charge is 2.22. The molecule has 2 rings (SSSR count). The molecule has 0 aromatic heterocycles. The maximum atomic E-state index is 12.3. The fraction of sp³-hybridized carbons (Fsp3) is 0.571. The van der Waals surface area contributed by atoms with E-state index in [0.29, 0.717) is 17.1 Å². The summed E-state index contributed by atoms with van der Waals surface area (Å²) in [6.45, 7) is 2.11. The summed E-state index contributed by atoms with van der Waals surface area (Å²) >= 11 is 5.95. The number of sulfonamides is 1. The third-order valence-electron chi connectivity index (χ3n) is 3.94. The lowest BCUT2D eigenvalue weighted by Crippen LogP contribution is -2.32. The number of anilines is 1. The highest BCUT2D eigenvalue weighted by atomic mass is 35.5. The highest BCUT2D eigenvalue weighted by molar-refractivity contribution is 7.89. The van der Waals surface area contributed by atoms with E-state index in [1.54, 1.807) is 6.92 Å². The van der Waals surface area contributed by atoms with Crippen molar-refractivity contribution in [2.75, 3.05) is 12.3 Å². The molecule has 0 aliphatic heterocycles. The number of halogens is 1. The number of aryl methyl sites for hydroxylation is 1. The minimum absolute atomic E-state index is 0.137. The fourth-order valence-corrected chi connectivity index (χ4v) is 3.92. The SMILES string of the molecule is Cc1cc(S(=O)(=O)NCC2CCC(O)CC2)cc(N)c1Cl. The van der Waals surface area contributed by atoms with E-state index in [2.05, 4.69) is 4.72 Å². The summed E-state index contributed by atoms with van der Waals surface area (Å²) in [6, 6.07) is 2.90. The molecule has 0 radical (unpaired) electrons. The van der Waals surface area contributed by atoms with Gasteiger partial charge < -0.3 is 10.8 Å². The normalized spacial score (nSPS) is 23.2. The summed E-state index contributed by atoms with van der Waals surface area (Å²) in [4.78, 5) is 0.137. The van der Waals surface area contributed by atoms with Crippen LogP contribution in [0.3, 0.4) is 0 Å². The van der Waals surface area contributed by atoms with Gasteiger partial charge in [0.05, 0.1) is 21.7 Å². The van der Waals surface area contributed by atoms with Crippen molar-refractivity contribution < 1.29 is 13.5 Å². The topological polar surface area (TPSA) is 92.4 Å². The number of nitrogen functional groups attached to an aromatic ring is 1. The predicted octanol–water partition coefficient (Wildman–Crippen LogP) is 2.06. The summed E-state index contributed by atoms with van der Waals surface area (Å²) in [5.41, 5.74) is 6.62. The number of nitrogens with one attached hydrogen (secondary N) is 1. The average molecular weight is 333 g/mol. The van der Waals surface area contributed by atoms with Gasteiger partial charge in [-0.05, 0) is 56.2 Å². The van der Waals surface area contributed by atoms with E-state index in [-0.39, 0.29) is 22.6 Å². The molecule has 0 atom stereocenters. The van der Waals surface area contributed by atoms with Gasteiger partial charge >= 0.3 is 0 Å². The monoisotopic (exact) mass is 332 g/mol. The van der Waals surface area contributed by atoms with E-state index < -0.39 is 10.0 Å². The standard InChI is InChI=1S/C14H21ClN2O3S/c1-9-6-12(7-13(16)14(9)15)21(19,20)17-8-10-2-4-11(18)5-3-10/h6-7,10-11,17-18H,2-5,8,16H2,1H3. The Labute approximate surface area is 130 Å². The number of rotatable bonds is 4. The van der Waals surface area contributed by atoms with Crippen molar-refractivity contribution in [2.24, 2.45) is 5.92 Å². The van der Waals surface area contributed by atoms with Crippen LogP contribution in [0.5, 0.6) is 0 Å². The number of aliphatic hydroxyl groups excluding tert-OH is 1. The van der Waals surface area contributed by atoms with Crippen LogP contribution >= 0.6 is 11.6 Å². The zero-order valence-electron chi connectivity index (χ0n) is 12.0. The number of hydrogen-bond acceptors (Lipinski definition) is 4. The van der Waals surface area contributed by atoms with Crippen LogP contribution in [0.25, 0.3) is 0 Å². The van der Waals surface area contributed by atoms with E-state index in [4.69, 9.17) is 17.3 Å². The first kappa shape index (κ1) is 16.5. The lowest BCUT2D eigenvalue weighted by atomic mass is 9.88. The molecule has 21 heavy (non-hydrogen) atoms. The van der Waals surface area contributed by atoms with Crippen LogP contribution in [0, 0.1) is 12.8 Å². The minimum atomic E-state index is -3.59. The molecule has 0 amide bonds. The molecule has 0 unspecified atom stereocenters. The first-order valence-corrected chi connectivity index (χ1v) is 8.89. The Morgan fingerprint density at radius 2 is 1.95 bits per heavy atom.